The number of quaternary nitrogens is 1. The zero-order valence-corrected chi connectivity index (χ0v) is 52.7. The van der Waals surface area contributed by atoms with Gasteiger partial charge in [-0.1, -0.05) is 283 Å². The number of allylic oxidation sites excluding steroid dienone is 19. The molecule has 0 fully saturated rings. The van der Waals surface area contributed by atoms with E-state index in [0.717, 1.165) is 89.9 Å². The SMILES string of the molecule is CC/C=C\C/C=C\C/C=C\C/C=C\C/C=C\C/C=C\C/C=C\C/C=C\CCCCCCCCCCCCCCC(=O)NC(COP(=O)([O-])OCC[N+](C)(C)C)C(O)/C=C/CC/C=C/CCCCCCCCCCCCCCCC. The molecule has 0 saturated carbocycles. The molecular formula is C70H123N2O6P. The summed E-state index contributed by atoms with van der Waals surface area (Å²) in [5, 5.41) is 13.9. The third-order valence-corrected chi connectivity index (χ3v) is 14.9. The molecule has 0 spiro atoms. The number of hydrogen-bond donors (Lipinski definition) is 2. The molecule has 0 rings (SSSR count). The molecule has 8 nitrogen and oxygen atoms in total. The van der Waals surface area contributed by atoms with Crippen LogP contribution in [0.4, 0.5) is 0 Å². The number of nitrogens with zero attached hydrogens (tertiary/aromatic N) is 1. The number of aliphatic hydroxyl groups excluding tert-OH is 1. The van der Waals surface area contributed by atoms with E-state index in [0.29, 0.717) is 17.4 Å². The van der Waals surface area contributed by atoms with Gasteiger partial charge in [0.1, 0.15) is 13.2 Å². The summed E-state index contributed by atoms with van der Waals surface area (Å²) in [7, 11) is 1.23. The van der Waals surface area contributed by atoms with Crippen molar-refractivity contribution in [3.8, 4) is 0 Å². The smallest absolute Gasteiger partial charge is 0.268 e. The van der Waals surface area contributed by atoms with Crippen LogP contribution in [0.2, 0.25) is 0 Å². The topological polar surface area (TPSA) is 108 Å². The number of nitrogens with one attached hydrogen (secondary N) is 1. The summed E-state index contributed by atoms with van der Waals surface area (Å²) >= 11 is 0. The van der Waals surface area contributed by atoms with Gasteiger partial charge >= 0.3 is 0 Å². The molecule has 0 bridgehead atoms. The Kier molecular flexibility index (Phi) is 57.2. The molecular weight excluding hydrogens is 996 g/mol. The lowest BCUT2D eigenvalue weighted by molar-refractivity contribution is -0.870. The predicted octanol–water partition coefficient (Wildman–Crippen LogP) is 19.9. The van der Waals surface area contributed by atoms with E-state index in [1.807, 2.05) is 27.2 Å². The third kappa shape index (κ3) is 62.4. The number of aliphatic hydroxyl groups is 1. The van der Waals surface area contributed by atoms with Crippen molar-refractivity contribution in [1.82, 2.24) is 5.32 Å². The van der Waals surface area contributed by atoms with Gasteiger partial charge in [0.05, 0.1) is 39.9 Å². The minimum absolute atomic E-state index is 0.0114. The summed E-state index contributed by atoms with van der Waals surface area (Å²) in [5.41, 5.74) is 0. The second-order valence-electron chi connectivity index (χ2n) is 22.7. The monoisotopic (exact) mass is 1120 g/mol. The first kappa shape index (κ1) is 75.9. The molecule has 0 saturated heterocycles. The van der Waals surface area contributed by atoms with E-state index >= 15 is 0 Å². The van der Waals surface area contributed by atoms with Gasteiger partial charge in [-0.15, -0.1) is 0 Å². The van der Waals surface area contributed by atoms with Gasteiger partial charge in [0.25, 0.3) is 7.82 Å². The summed E-state index contributed by atoms with van der Waals surface area (Å²) in [5.74, 6) is -0.212. The number of phosphoric acid groups is 1. The zero-order valence-electron chi connectivity index (χ0n) is 51.8. The van der Waals surface area contributed by atoms with E-state index in [-0.39, 0.29) is 12.5 Å². The minimum atomic E-state index is -4.62. The molecule has 0 aromatic rings. The van der Waals surface area contributed by atoms with Gasteiger partial charge < -0.3 is 28.8 Å². The van der Waals surface area contributed by atoms with Crippen molar-refractivity contribution in [2.24, 2.45) is 0 Å². The molecule has 3 atom stereocenters. The first-order valence-electron chi connectivity index (χ1n) is 32.4. The summed E-state index contributed by atoms with van der Waals surface area (Å²) in [6.45, 7) is 4.52. The summed E-state index contributed by atoms with van der Waals surface area (Å²) in [4.78, 5) is 25.6. The highest BCUT2D eigenvalue weighted by Crippen LogP contribution is 2.38. The number of carbonyl (C=O) groups excluding carboxylic acids is 1. The van der Waals surface area contributed by atoms with Crippen molar-refractivity contribution in [2.45, 2.75) is 276 Å². The maximum absolute atomic E-state index is 13.0. The maximum atomic E-state index is 13.0. The Hall–Kier alpha value is -3.10. The third-order valence-electron chi connectivity index (χ3n) is 13.9. The van der Waals surface area contributed by atoms with Crippen LogP contribution in [0, 0.1) is 0 Å². The van der Waals surface area contributed by atoms with Gasteiger partial charge in [-0.2, -0.15) is 0 Å². The van der Waals surface area contributed by atoms with E-state index in [4.69, 9.17) is 9.05 Å². The van der Waals surface area contributed by atoms with Crippen LogP contribution in [0.15, 0.2) is 122 Å². The number of likely N-dealkylation sites (N-methyl/N-ethyl adjacent to an activating group) is 1. The Balaban J connectivity index is 4.15. The summed E-state index contributed by atoms with van der Waals surface area (Å²) < 4.78 is 23.4. The minimum Gasteiger partial charge on any atom is -0.756 e. The molecule has 2 N–H and O–H groups in total. The van der Waals surface area contributed by atoms with E-state index in [2.05, 4.69) is 129 Å². The van der Waals surface area contributed by atoms with Crippen LogP contribution in [-0.2, 0) is 18.4 Å². The molecule has 9 heteroatoms. The van der Waals surface area contributed by atoms with Gasteiger partial charge in [0, 0.05) is 6.42 Å². The van der Waals surface area contributed by atoms with Crippen LogP contribution >= 0.6 is 7.82 Å². The van der Waals surface area contributed by atoms with Crippen LogP contribution in [0.3, 0.4) is 0 Å². The second kappa shape index (κ2) is 59.5. The molecule has 454 valence electrons. The number of carbonyl (C=O) groups is 1. The van der Waals surface area contributed by atoms with Crippen molar-refractivity contribution in [3.05, 3.63) is 122 Å². The van der Waals surface area contributed by atoms with Crippen molar-refractivity contribution in [1.29, 1.82) is 0 Å². The Morgan fingerprint density at radius 2 is 0.785 bits per heavy atom. The van der Waals surface area contributed by atoms with Gasteiger partial charge in [-0.3, -0.25) is 9.36 Å². The van der Waals surface area contributed by atoms with Crippen LogP contribution in [0.1, 0.15) is 264 Å². The fourth-order valence-electron chi connectivity index (χ4n) is 8.89. The Bertz CT molecular complexity index is 1700. The van der Waals surface area contributed by atoms with Crippen LogP contribution in [0.25, 0.3) is 0 Å². The number of unbranched alkanes of at least 4 members (excludes halogenated alkanes) is 27. The fraction of sp³-hybridized carbons (Fsp3) is 0.700. The molecule has 0 aliphatic heterocycles. The van der Waals surface area contributed by atoms with Gasteiger partial charge in [-0.05, 0) is 96.3 Å². The van der Waals surface area contributed by atoms with Crippen LogP contribution in [-0.4, -0.2) is 68.5 Å². The van der Waals surface area contributed by atoms with E-state index in [1.54, 1.807) is 6.08 Å². The quantitative estimate of drug-likeness (QED) is 0.0272. The number of phosphoric ester groups is 1. The second-order valence-corrected chi connectivity index (χ2v) is 24.1. The molecule has 0 aliphatic carbocycles. The molecule has 0 heterocycles. The Morgan fingerprint density at radius 1 is 0.456 bits per heavy atom. The molecule has 0 aromatic carbocycles. The fourth-order valence-corrected chi connectivity index (χ4v) is 9.61. The summed E-state index contributed by atoms with van der Waals surface area (Å²) in [6.07, 6.45) is 88.7. The number of rotatable bonds is 58. The first-order valence-corrected chi connectivity index (χ1v) is 33.9. The number of amides is 1. The van der Waals surface area contributed by atoms with E-state index in [1.165, 1.54) is 154 Å². The predicted molar refractivity (Wildman–Crippen MR) is 343 cm³/mol. The van der Waals surface area contributed by atoms with Crippen LogP contribution in [0.5, 0.6) is 0 Å². The van der Waals surface area contributed by atoms with E-state index < -0.39 is 26.6 Å². The molecule has 0 aromatic heterocycles. The number of hydrogen-bond acceptors (Lipinski definition) is 6. The zero-order chi connectivity index (χ0) is 57.7. The average Bonchev–Trinajstić information content (AvgIpc) is 3.42. The lowest BCUT2D eigenvalue weighted by atomic mass is 10.0. The molecule has 79 heavy (non-hydrogen) atoms. The largest absolute Gasteiger partial charge is 0.756 e. The summed E-state index contributed by atoms with van der Waals surface area (Å²) in [6, 6.07) is -0.913. The van der Waals surface area contributed by atoms with Gasteiger partial charge in [0.2, 0.25) is 5.91 Å². The molecule has 3 unspecified atom stereocenters. The lowest BCUT2D eigenvalue weighted by Gasteiger charge is -2.29. The van der Waals surface area contributed by atoms with Gasteiger partial charge in [-0.25, -0.2) is 0 Å². The van der Waals surface area contributed by atoms with Crippen LogP contribution < -0.4 is 10.2 Å². The maximum Gasteiger partial charge on any atom is 0.268 e. The molecule has 1 amide bonds. The standard InChI is InChI=1S/C70H123N2O6P/c1-6-8-10-12-14-16-18-20-22-24-26-28-29-30-31-32-33-34-35-36-37-38-39-40-41-42-43-44-46-48-50-52-54-56-58-60-62-64-70(74)71-68(67-78-79(75,76)77-66-65-72(3,4)5)69(73)63-61-59-57-55-53-51-49-47-45-27-25-23-21-19-17-15-13-11-9-7-2/h8,10,14,16,20,22,26,28,30-31,33-34,36-37,39-40,53,55,61,63,68-69,73H,6-7,9,11-13,15,17-19,21,23-25,27,29,32,35,38,41-52,54,56-60,62,64-67H2,1-5H3,(H-,71,74,75,76)/b10-8-,16-14-,22-20-,28-26-,31-30-,34-33-,37-36-,40-39-,55-53+,63-61+. The average molecular weight is 1120 g/mol. The van der Waals surface area contributed by atoms with E-state index in [9.17, 15) is 19.4 Å². The molecule has 0 radical (unpaired) electrons. The van der Waals surface area contributed by atoms with Crippen molar-refractivity contribution >= 4 is 13.7 Å². The Labute approximate surface area is 488 Å². The lowest BCUT2D eigenvalue weighted by Crippen LogP contribution is -2.45. The highest BCUT2D eigenvalue weighted by Gasteiger charge is 2.23. The highest BCUT2D eigenvalue weighted by molar-refractivity contribution is 7.45. The van der Waals surface area contributed by atoms with Crippen molar-refractivity contribution < 1.29 is 32.9 Å². The normalized spacial score (nSPS) is 14.6. The Morgan fingerprint density at radius 3 is 1.18 bits per heavy atom. The van der Waals surface area contributed by atoms with Crippen molar-refractivity contribution in [3.63, 3.8) is 0 Å². The van der Waals surface area contributed by atoms with Crippen molar-refractivity contribution in [2.75, 3.05) is 40.9 Å². The van der Waals surface area contributed by atoms with Gasteiger partial charge in [0.15, 0.2) is 0 Å². The highest BCUT2D eigenvalue weighted by atomic mass is 31.2. The first-order chi connectivity index (χ1) is 38.5. The molecule has 0 aliphatic rings.